The molecule has 3 heteroatoms. The van der Waals surface area contributed by atoms with Crippen LogP contribution in [0.3, 0.4) is 0 Å². The maximum atomic E-state index is 4.42. The summed E-state index contributed by atoms with van der Waals surface area (Å²) in [6, 6.07) is 8.86. The average molecular weight is 257 g/mol. The number of nitrogens with zero attached hydrogens (tertiary/aromatic N) is 2. The van der Waals surface area contributed by atoms with Gasteiger partial charge >= 0.3 is 0 Å². The van der Waals surface area contributed by atoms with Crippen LogP contribution in [0, 0.1) is 6.92 Å². The van der Waals surface area contributed by atoms with E-state index in [4.69, 9.17) is 0 Å². The maximum absolute atomic E-state index is 4.42. The molecule has 102 valence electrons. The molecule has 0 bridgehead atoms. The molecular weight excluding hydrogens is 234 g/mol. The largest absolute Gasteiger partial charge is 0.327 e. The fourth-order valence-corrected chi connectivity index (χ4v) is 2.19. The number of nitrogens with one attached hydrogen (secondary N) is 1. The van der Waals surface area contributed by atoms with E-state index < -0.39 is 0 Å². The predicted molar refractivity (Wildman–Crippen MR) is 79.3 cm³/mol. The van der Waals surface area contributed by atoms with Gasteiger partial charge in [0.1, 0.15) is 5.82 Å². The molecule has 0 fully saturated rings. The van der Waals surface area contributed by atoms with Gasteiger partial charge in [-0.1, -0.05) is 38.1 Å². The molecule has 0 atom stereocenters. The summed E-state index contributed by atoms with van der Waals surface area (Å²) in [6.07, 6.45) is 3.06. The highest BCUT2D eigenvalue weighted by Crippen LogP contribution is 2.11. The van der Waals surface area contributed by atoms with Gasteiger partial charge in [-0.05, 0) is 31.0 Å². The van der Waals surface area contributed by atoms with Crippen molar-refractivity contribution < 1.29 is 0 Å². The van der Waals surface area contributed by atoms with Crippen molar-refractivity contribution >= 4 is 0 Å². The van der Waals surface area contributed by atoms with Crippen LogP contribution in [-0.2, 0) is 19.5 Å². The van der Waals surface area contributed by atoms with E-state index in [1.165, 1.54) is 16.8 Å². The molecule has 1 heterocycles. The number of imidazole rings is 1. The highest BCUT2D eigenvalue weighted by molar-refractivity contribution is 5.23. The van der Waals surface area contributed by atoms with Crippen molar-refractivity contribution in [3.63, 3.8) is 0 Å². The van der Waals surface area contributed by atoms with E-state index in [-0.39, 0.29) is 0 Å². The van der Waals surface area contributed by atoms with E-state index in [2.05, 4.69) is 59.9 Å². The van der Waals surface area contributed by atoms with Gasteiger partial charge in [0.25, 0.3) is 0 Å². The lowest BCUT2D eigenvalue weighted by molar-refractivity contribution is 0.646. The molecule has 0 aliphatic carbocycles. The molecule has 0 saturated heterocycles. The summed E-state index contributed by atoms with van der Waals surface area (Å²) in [5.74, 6) is 1.08. The summed E-state index contributed by atoms with van der Waals surface area (Å²) in [4.78, 5) is 4.42. The molecule has 2 aromatic rings. The Kier molecular flexibility index (Phi) is 4.74. The molecule has 1 N–H and O–H groups in total. The quantitative estimate of drug-likeness (QED) is 0.862. The Labute approximate surface area is 115 Å². The van der Waals surface area contributed by atoms with Crippen molar-refractivity contribution in [3.05, 3.63) is 53.1 Å². The first kappa shape index (κ1) is 13.8. The van der Waals surface area contributed by atoms with Crippen LogP contribution in [0.5, 0.6) is 0 Å². The highest BCUT2D eigenvalue weighted by atomic mass is 15.1. The van der Waals surface area contributed by atoms with Gasteiger partial charge < -0.3 is 9.88 Å². The van der Waals surface area contributed by atoms with Crippen molar-refractivity contribution in [2.75, 3.05) is 6.54 Å². The number of hydrogen-bond donors (Lipinski definition) is 1. The van der Waals surface area contributed by atoms with Gasteiger partial charge in [0.2, 0.25) is 0 Å². The molecule has 0 aliphatic heterocycles. The van der Waals surface area contributed by atoms with Crippen LogP contribution in [-0.4, -0.2) is 16.1 Å². The normalized spacial score (nSPS) is 10.9. The third kappa shape index (κ3) is 3.44. The average Bonchev–Trinajstić information content (AvgIpc) is 2.78. The van der Waals surface area contributed by atoms with Crippen molar-refractivity contribution in [2.45, 2.75) is 40.3 Å². The molecule has 0 amide bonds. The Morgan fingerprint density at radius 2 is 1.79 bits per heavy atom. The molecule has 1 aromatic heterocycles. The van der Waals surface area contributed by atoms with E-state index in [0.29, 0.717) is 0 Å². The second-order valence-electron chi connectivity index (χ2n) is 4.83. The van der Waals surface area contributed by atoms with E-state index >= 15 is 0 Å². The zero-order valence-corrected chi connectivity index (χ0v) is 12.1. The van der Waals surface area contributed by atoms with Crippen molar-refractivity contribution in [1.29, 1.82) is 0 Å². The fourth-order valence-electron chi connectivity index (χ4n) is 2.19. The minimum Gasteiger partial charge on any atom is -0.327 e. The SMILES string of the molecule is CCNCc1cnc(C)n1Cc1ccc(CC)cc1. The molecule has 0 saturated carbocycles. The molecule has 1 aromatic carbocycles. The Morgan fingerprint density at radius 1 is 1.11 bits per heavy atom. The van der Waals surface area contributed by atoms with Gasteiger partial charge in [-0.2, -0.15) is 0 Å². The van der Waals surface area contributed by atoms with Crippen molar-refractivity contribution in [1.82, 2.24) is 14.9 Å². The minimum absolute atomic E-state index is 0.879. The van der Waals surface area contributed by atoms with E-state index in [1.54, 1.807) is 0 Å². The molecular formula is C16H23N3. The third-order valence-electron chi connectivity index (χ3n) is 3.47. The number of aryl methyl sites for hydroxylation is 2. The lowest BCUT2D eigenvalue weighted by Gasteiger charge is -2.11. The Balaban J connectivity index is 2.14. The van der Waals surface area contributed by atoms with Crippen LogP contribution in [0.25, 0.3) is 0 Å². The molecule has 0 radical (unpaired) electrons. The number of hydrogen-bond acceptors (Lipinski definition) is 2. The summed E-state index contributed by atoms with van der Waals surface area (Å²) in [6.45, 7) is 9.13. The summed E-state index contributed by atoms with van der Waals surface area (Å²) in [5.41, 5.74) is 3.97. The third-order valence-corrected chi connectivity index (χ3v) is 3.47. The van der Waals surface area contributed by atoms with Gasteiger partial charge in [-0.25, -0.2) is 4.98 Å². The Hall–Kier alpha value is -1.61. The van der Waals surface area contributed by atoms with Gasteiger partial charge in [0.05, 0.1) is 5.69 Å². The molecule has 0 unspecified atom stereocenters. The van der Waals surface area contributed by atoms with E-state index in [9.17, 15) is 0 Å². The summed E-state index contributed by atoms with van der Waals surface area (Å²) in [5, 5.41) is 3.36. The second kappa shape index (κ2) is 6.53. The first-order valence-electron chi connectivity index (χ1n) is 7.04. The Bertz CT molecular complexity index is 511. The fraction of sp³-hybridized carbons (Fsp3) is 0.438. The van der Waals surface area contributed by atoms with Gasteiger partial charge in [-0.3, -0.25) is 0 Å². The monoisotopic (exact) mass is 257 g/mol. The zero-order valence-electron chi connectivity index (χ0n) is 12.1. The van der Waals surface area contributed by atoms with Crippen LogP contribution in [0.1, 0.15) is 36.5 Å². The summed E-state index contributed by atoms with van der Waals surface area (Å²) >= 11 is 0. The van der Waals surface area contributed by atoms with Gasteiger partial charge in [0, 0.05) is 19.3 Å². The molecule has 0 spiro atoms. The molecule has 0 aliphatic rings. The molecule has 2 rings (SSSR count). The van der Waals surface area contributed by atoms with Crippen molar-refractivity contribution in [2.24, 2.45) is 0 Å². The smallest absolute Gasteiger partial charge is 0.106 e. The van der Waals surface area contributed by atoms with E-state index in [0.717, 1.165) is 31.9 Å². The van der Waals surface area contributed by atoms with Gasteiger partial charge in [-0.15, -0.1) is 0 Å². The van der Waals surface area contributed by atoms with Crippen LogP contribution in [0.2, 0.25) is 0 Å². The first-order valence-corrected chi connectivity index (χ1v) is 7.04. The predicted octanol–water partition coefficient (Wildman–Crippen LogP) is 2.91. The summed E-state index contributed by atoms with van der Waals surface area (Å²) < 4.78 is 2.28. The molecule has 3 nitrogen and oxygen atoms in total. The zero-order chi connectivity index (χ0) is 13.7. The Morgan fingerprint density at radius 3 is 2.42 bits per heavy atom. The lowest BCUT2D eigenvalue weighted by atomic mass is 10.1. The van der Waals surface area contributed by atoms with Crippen molar-refractivity contribution in [3.8, 4) is 0 Å². The topological polar surface area (TPSA) is 29.9 Å². The maximum Gasteiger partial charge on any atom is 0.106 e. The molecule has 19 heavy (non-hydrogen) atoms. The number of rotatable bonds is 6. The number of benzene rings is 1. The second-order valence-corrected chi connectivity index (χ2v) is 4.83. The van der Waals surface area contributed by atoms with E-state index in [1.807, 2.05) is 6.20 Å². The van der Waals surface area contributed by atoms with Crippen LogP contribution in [0.15, 0.2) is 30.5 Å². The first-order chi connectivity index (χ1) is 9.24. The highest BCUT2D eigenvalue weighted by Gasteiger charge is 2.06. The minimum atomic E-state index is 0.879. The standard InChI is InChI=1S/C16H23N3/c1-4-14-6-8-15(9-7-14)12-19-13(3)18-11-16(19)10-17-5-2/h6-9,11,17H,4-5,10,12H2,1-3H3. The number of aromatic nitrogens is 2. The van der Waals surface area contributed by atoms with Gasteiger partial charge in [0.15, 0.2) is 0 Å². The van der Waals surface area contributed by atoms with Crippen LogP contribution in [0.4, 0.5) is 0 Å². The van der Waals surface area contributed by atoms with Crippen LogP contribution >= 0.6 is 0 Å². The van der Waals surface area contributed by atoms with Crippen LogP contribution < -0.4 is 5.32 Å². The lowest BCUT2D eigenvalue weighted by Crippen LogP contribution is -2.16. The summed E-state index contributed by atoms with van der Waals surface area (Å²) in [7, 11) is 0.